The number of carboxylic acids is 1. The van der Waals surface area contributed by atoms with Gasteiger partial charge in [0.15, 0.2) is 5.76 Å². The maximum Gasteiger partial charge on any atom is 0.329 e. The van der Waals surface area contributed by atoms with Crippen LogP contribution in [0.1, 0.15) is 48.9 Å². The highest BCUT2D eigenvalue weighted by Crippen LogP contribution is 2.33. The molecule has 0 aromatic carbocycles. The molecule has 1 aliphatic carbocycles. The van der Waals surface area contributed by atoms with Crippen molar-refractivity contribution in [1.29, 1.82) is 0 Å². The maximum atomic E-state index is 12.5. The number of nitrogens with one attached hydrogen (secondary N) is 1. The highest BCUT2D eigenvalue weighted by Gasteiger charge is 2.43. The lowest BCUT2D eigenvalue weighted by Crippen LogP contribution is -2.56. The van der Waals surface area contributed by atoms with Crippen LogP contribution in [-0.2, 0) is 14.8 Å². The SMILES string of the molecule is Cc1oc(C(=O)NC2(C(=O)O)CCC(C)CC2)cc1S(=O)(=O)N(C)C. The van der Waals surface area contributed by atoms with Gasteiger partial charge in [0.1, 0.15) is 16.2 Å². The fourth-order valence-corrected chi connectivity index (χ4v) is 4.01. The van der Waals surface area contributed by atoms with Crippen LogP contribution in [0.3, 0.4) is 0 Å². The first kappa shape index (κ1) is 19.5. The van der Waals surface area contributed by atoms with Gasteiger partial charge < -0.3 is 14.8 Å². The Labute approximate surface area is 147 Å². The molecule has 1 aliphatic rings. The summed E-state index contributed by atoms with van der Waals surface area (Å²) in [6.07, 6.45) is 2.06. The first-order valence-electron chi connectivity index (χ1n) is 8.08. The van der Waals surface area contributed by atoms with Gasteiger partial charge in [-0.15, -0.1) is 0 Å². The van der Waals surface area contributed by atoms with Crippen LogP contribution in [0.5, 0.6) is 0 Å². The molecule has 0 spiro atoms. The van der Waals surface area contributed by atoms with Gasteiger partial charge in [0.2, 0.25) is 10.0 Å². The number of aliphatic carboxylic acids is 1. The fourth-order valence-electron chi connectivity index (χ4n) is 2.96. The van der Waals surface area contributed by atoms with Gasteiger partial charge in [-0.2, -0.15) is 0 Å². The van der Waals surface area contributed by atoms with E-state index in [1.54, 1.807) is 0 Å². The molecule has 8 nitrogen and oxygen atoms in total. The highest BCUT2D eigenvalue weighted by molar-refractivity contribution is 7.89. The molecule has 2 N–H and O–H groups in total. The molecule has 1 amide bonds. The van der Waals surface area contributed by atoms with Crippen LogP contribution in [0, 0.1) is 12.8 Å². The zero-order valence-electron chi connectivity index (χ0n) is 14.8. The number of aryl methyl sites for hydroxylation is 1. The molecule has 1 aromatic rings. The van der Waals surface area contributed by atoms with Gasteiger partial charge in [0.05, 0.1) is 0 Å². The van der Waals surface area contributed by atoms with E-state index >= 15 is 0 Å². The van der Waals surface area contributed by atoms with E-state index in [4.69, 9.17) is 4.42 Å². The summed E-state index contributed by atoms with van der Waals surface area (Å²) in [6, 6.07) is 1.14. The Morgan fingerprint density at radius 2 is 1.88 bits per heavy atom. The van der Waals surface area contributed by atoms with Gasteiger partial charge >= 0.3 is 5.97 Å². The molecule has 9 heteroatoms. The maximum absolute atomic E-state index is 12.5. The van der Waals surface area contributed by atoms with Gasteiger partial charge in [-0.3, -0.25) is 4.79 Å². The van der Waals surface area contributed by atoms with E-state index in [1.165, 1.54) is 21.0 Å². The molecule has 1 fully saturated rings. The third-order valence-corrected chi connectivity index (χ3v) is 6.67. The minimum absolute atomic E-state index is 0.0838. The number of hydrogen-bond acceptors (Lipinski definition) is 5. The van der Waals surface area contributed by atoms with E-state index < -0.39 is 27.4 Å². The molecule has 1 heterocycles. The summed E-state index contributed by atoms with van der Waals surface area (Å²) in [6.45, 7) is 3.49. The van der Waals surface area contributed by atoms with Crippen molar-refractivity contribution in [3.8, 4) is 0 Å². The minimum Gasteiger partial charge on any atom is -0.480 e. The molecule has 2 rings (SSSR count). The number of sulfonamides is 1. The van der Waals surface area contributed by atoms with Crippen molar-refractivity contribution < 1.29 is 27.5 Å². The number of furan rings is 1. The van der Waals surface area contributed by atoms with Crippen LogP contribution < -0.4 is 5.32 Å². The summed E-state index contributed by atoms with van der Waals surface area (Å²) in [5.74, 6) is -1.53. The van der Waals surface area contributed by atoms with Crippen molar-refractivity contribution >= 4 is 21.9 Å². The summed E-state index contributed by atoms with van der Waals surface area (Å²) >= 11 is 0. The lowest BCUT2D eigenvalue weighted by atomic mass is 9.77. The number of nitrogens with zero attached hydrogens (tertiary/aromatic N) is 1. The van der Waals surface area contributed by atoms with Gasteiger partial charge in [-0.1, -0.05) is 6.92 Å². The number of amides is 1. The lowest BCUT2D eigenvalue weighted by Gasteiger charge is -2.36. The Bertz CT molecular complexity index is 773. The molecule has 0 aliphatic heterocycles. The molecule has 1 aromatic heterocycles. The molecule has 1 saturated carbocycles. The number of hydrogen-bond donors (Lipinski definition) is 2. The second kappa shape index (κ2) is 6.80. The predicted octanol–water partition coefficient (Wildman–Crippen LogP) is 1.60. The first-order valence-corrected chi connectivity index (χ1v) is 9.52. The van der Waals surface area contributed by atoms with Crippen molar-refractivity contribution in [2.75, 3.05) is 14.1 Å². The Kier molecular flexibility index (Phi) is 5.29. The molecule has 0 saturated heterocycles. The van der Waals surface area contributed by atoms with E-state index in [2.05, 4.69) is 5.32 Å². The molecule has 0 radical (unpaired) electrons. The molecule has 140 valence electrons. The molecule has 25 heavy (non-hydrogen) atoms. The van der Waals surface area contributed by atoms with Gasteiger partial charge in [0.25, 0.3) is 5.91 Å². The van der Waals surface area contributed by atoms with E-state index in [0.29, 0.717) is 31.6 Å². The average Bonchev–Trinajstić information content (AvgIpc) is 2.92. The molecular formula is C16H24N2O6S. The number of rotatable bonds is 5. The normalized spacial score (nSPS) is 24.3. The Hall–Kier alpha value is -1.87. The van der Waals surface area contributed by atoms with Gasteiger partial charge in [-0.25, -0.2) is 17.5 Å². The van der Waals surface area contributed by atoms with Crippen molar-refractivity contribution in [3.05, 3.63) is 17.6 Å². The largest absolute Gasteiger partial charge is 0.480 e. The van der Waals surface area contributed by atoms with Crippen LogP contribution in [-0.4, -0.2) is 49.3 Å². The summed E-state index contributed by atoms with van der Waals surface area (Å²) in [7, 11) is -0.991. The lowest BCUT2D eigenvalue weighted by molar-refractivity contribution is -0.146. The zero-order valence-corrected chi connectivity index (χ0v) is 15.6. The molecule has 0 unspecified atom stereocenters. The molecule has 0 atom stereocenters. The smallest absolute Gasteiger partial charge is 0.329 e. The van der Waals surface area contributed by atoms with Crippen LogP contribution >= 0.6 is 0 Å². The van der Waals surface area contributed by atoms with Crippen molar-refractivity contribution in [2.45, 2.75) is 50.0 Å². The minimum atomic E-state index is -3.75. The molecule has 0 bridgehead atoms. The number of carbonyl (C=O) groups is 2. The van der Waals surface area contributed by atoms with Crippen molar-refractivity contribution in [3.63, 3.8) is 0 Å². The van der Waals surface area contributed by atoms with E-state index in [1.807, 2.05) is 6.92 Å². The van der Waals surface area contributed by atoms with Crippen LogP contribution in [0.15, 0.2) is 15.4 Å². The van der Waals surface area contributed by atoms with Crippen LogP contribution in [0.25, 0.3) is 0 Å². The quantitative estimate of drug-likeness (QED) is 0.811. The first-order chi connectivity index (χ1) is 11.5. The summed E-state index contributed by atoms with van der Waals surface area (Å²) < 4.78 is 30.8. The van der Waals surface area contributed by atoms with E-state index in [9.17, 15) is 23.1 Å². The number of carbonyl (C=O) groups excluding carboxylic acids is 1. The van der Waals surface area contributed by atoms with Crippen LogP contribution in [0.4, 0.5) is 0 Å². The van der Waals surface area contributed by atoms with Gasteiger partial charge in [-0.05, 0) is 38.5 Å². The third kappa shape index (κ3) is 3.72. The monoisotopic (exact) mass is 372 g/mol. The summed E-state index contributed by atoms with van der Waals surface area (Å²) in [5, 5.41) is 12.1. The Morgan fingerprint density at radius 3 is 2.36 bits per heavy atom. The average molecular weight is 372 g/mol. The topological polar surface area (TPSA) is 117 Å². The third-order valence-electron chi connectivity index (χ3n) is 4.74. The van der Waals surface area contributed by atoms with Crippen molar-refractivity contribution in [1.82, 2.24) is 9.62 Å². The zero-order chi connectivity index (χ0) is 19.0. The van der Waals surface area contributed by atoms with E-state index in [-0.39, 0.29) is 16.4 Å². The summed E-state index contributed by atoms with van der Waals surface area (Å²) in [5.41, 5.74) is -1.34. The summed E-state index contributed by atoms with van der Waals surface area (Å²) in [4.78, 5) is 24.1. The molecular weight excluding hydrogens is 348 g/mol. The second-order valence-corrected chi connectivity index (χ2v) is 8.96. The Balaban J connectivity index is 2.28. The second-order valence-electron chi connectivity index (χ2n) is 6.84. The standard InChI is InChI=1S/C16H24N2O6S/c1-10-5-7-16(8-6-10,15(20)21)17-14(19)12-9-13(11(2)24-12)25(22,23)18(3)4/h9-10H,5-8H2,1-4H3,(H,17,19)(H,20,21). The van der Waals surface area contributed by atoms with Crippen molar-refractivity contribution in [2.24, 2.45) is 5.92 Å². The highest BCUT2D eigenvalue weighted by atomic mass is 32.2. The van der Waals surface area contributed by atoms with Crippen LogP contribution in [0.2, 0.25) is 0 Å². The number of carboxylic acid groups (broad SMARTS) is 1. The van der Waals surface area contributed by atoms with E-state index in [0.717, 1.165) is 10.4 Å². The Morgan fingerprint density at radius 1 is 1.32 bits per heavy atom. The van der Waals surface area contributed by atoms with Gasteiger partial charge in [0, 0.05) is 20.2 Å². The predicted molar refractivity (Wildman–Crippen MR) is 89.8 cm³/mol. The fraction of sp³-hybridized carbons (Fsp3) is 0.625.